The van der Waals surface area contributed by atoms with Crippen LogP contribution in [0, 0.1) is 0 Å². The average molecular weight is 279 g/mol. The molecule has 0 aliphatic heterocycles. The van der Waals surface area contributed by atoms with Crippen molar-refractivity contribution in [2.75, 3.05) is 25.0 Å². The molecule has 0 fully saturated rings. The number of amides is 1. The molecule has 102 valence electrons. The lowest BCUT2D eigenvalue weighted by atomic mass is 10.3. The minimum absolute atomic E-state index is 0.0778. The van der Waals surface area contributed by atoms with Gasteiger partial charge in [-0.05, 0) is 31.7 Å². The number of nitrogens with one attached hydrogen (secondary N) is 2. The number of benzene rings is 1. The number of rotatable bonds is 6. The number of carbonyl (C=O) groups excluding carboxylic acids is 1. The third-order valence-electron chi connectivity index (χ3n) is 2.45. The van der Waals surface area contributed by atoms with Crippen molar-refractivity contribution < 1.29 is 9.53 Å². The van der Waals surface area contributed by atoms with Crippen LogP contribution in [0.4, 0.5) is 5.13 Å². The van der Waals surface area contributed by atoms with Gasteiger partial charge in [-0.2, -0.15) is 0 Å². The van der Waals surface area contributed by atoms with Crippen molar-refractivity contribution in [2.45, 2.75) is 13.8 Å². The van der Waals surface area contributed by atoms with Gasteiger partial charge in [-0.15, -0.1) is 0 Å². The molecular weight excluding hydrogens is 262 g/mol. The summed E-state index contributed by atoms with van der Waals surface area (Å²) in [5.41, 5.74) is 0.868. The Labute approximate surface area is 116 Å². The summed E-state index contributed by atoms with van der Waals surface area (Å²) in [6, 6.07) is 5.73. The van der Waals surface area contributed by atoms with Gasteiger partial charge in [0.1, 0.15) is 5.75 Å². The minimum atomic E-state index is -0.0778. The number of hydrogen-bond acceptors (Lipinski definition) is 5. The quantitative estimate of drug-likeness (QED) is 0.851. The van der Waals surface area contributed by atoms with Gasteiger partial charge in [0.15, 0.2) is 5.13 Å². The van der Waals surface area contributed by atoms with Crippen molar-refractivity contribution in [3.05, 3.63) is 18.2 Å². The maximum atomic E-state index is 11.6. The first-order valence-corrected chi connectivity index (χ1v) is 7.08. The molecule has 2 aromatic rings. The highest BCUT2D eigenvalue weighted by molar-refractivity contribution is 7.22. The van der Waals surface area contributed by atoms with Crippen LogP contribution in [-0.4, -0.2) is 30.6 Å². The zero-order chi connectivity index (χ0) is 13.7. The second-order valence-corrected chi connectivity index (χ2v) is 4.94. The maximum absolute atomic E-state index is 11.6. The van der Waals surface area contributed by atoms with Crippen LogP contribution in [0.1, 0.15) is 13.8 Å². The molecule has 0 atom stereocenters. The monoisotopic (exact) mass is 279 g/mol. The molecule has 0 bridgehead atoms. The Morgan fingerprint density at radius 3 is 3.00 bits per heavy atom. The Morgan fingerprint density at radius 2 is 2.26 bits per heavy atom. The van der Waals surface area contributed by atoms with Crippen LogP contribution in [0.5, 0.6) is 5.75 Å². The van der Waals surface area contributed by atoms with E-state index in [1.807, 2.05) is 32.0 Å². The zero-order valence-corrected chi connectivity index (χ0v) is 11.8. The second-order valence-electron chi connectivity index (χ2n) is 3.91. The first-order valence-electron chi connectivity index (χ1n) is 6.27. The van der Waals surface area contributed by atoms with Gasteiger partial charge in [0.2, 0.25) is 5.91 Å². The van der Waals surface area contributed by atoms with E-state index in [4.69, 9.17) is 4.74 Å². The molecule has 0 spiro atoms. The summed E-state index contributed by atoms with van der Waals surface area (Å²) in [7, 11) is 0. The van der Waals surface area contributed by atoms with Crippen LogP contribution in [-0.2, 0) is 4.79 Å². The molecule has 0 aliphatic rings. The number of ether oxygens (including phenoxy) is 1. The molecule has 19 heavy (non-hydrogen) atoms. The molecule has 5 nitrogen and oxygen atoms in total. The number of hydrogen-bond donors (Lipinski definition) is 2. The number of thiazole rings is 1. The summed E-state index contributed by atoms with van der Waals surface area (Å²) < 4.78 is 6.44. The van der Waals surface area contributed by atoms with Gasteiger partial charge in [-0.3, -0.25) is 4.79 Å². The van der Waals surface area contributed by atoms with Crippen LogP contribution < -0.4 is 15.4 Å². The normalized spacial score (nSPS) is 10.6. The van der Waals surface area contributed by atoms with E-state index in [1.165, 1.54) is 11.3 Å². The van der Waals surface area contributed by atoms with Gasteiger partial charge < -0.3 is 15.4 Å². The maximum Gasteiger partial charge on any atom is 0.240 e. The summed E-state index contributed by atoms with van der Waals surface area (Å²) in [6.07, 6.45) is 0. The van der Waals surface area contributed by atoms with Crippen molar-refractivity contribution in [1.82, 2.24) is 10.3 Å². The first kappa shape index (κ1) is 13.8. The van der Waals surface area contributed by atoms with E-state index in [1.54, 1.807) is 0 Å². The summed E-state index contributed by atoms with van der Waals surface area (Å²) in [5.74, 6) is 0.745. The Kier molecular flexibility index (Phi) is 4.70. The summed E-state index contributed by atoms with van der Waals surface area (Å²) in [6.45, 7) is 5.61. The Hall–Kier alpha value is -1.66. The largest absolute Gasteiger partial charge is 0.494 e. The third kappa shape index (κ3) is 3.65. The van der Waals surface area contributed by atoms with Crippen molar-refractivity contribution in [1.29, 1.82) is 0 Å². The molecule has 0 unspecified atom stereocenters. The van der Waals surface area contributed by atoms with Crippen LogP contribution in [0.3, 0.4) is 0 Å². The number of likely N-dealkylation sites (N-methyl/N-ethyl adjacent to an activating group) is 1. The molecule has 0 saturated carbocycles. The molecule has 1 aromatic heterocycles. The fourth-order valence-corrected chi connectivity index (χ4v) is 2.53. The molecule has 2 N–H and O–H groups in total. The van der Waals surface area contributed by atoms with Crippen LogP contribution in [0.25, 0.3) is 10.2 Å². The summed E-state index contributed by atoms with van der Waals surface area (Å²) in [4.78, 5) is 16.0. The minimum Gasteiger partial charge on any atom is -0.494 e. The zero-order valence-electron chi connectivity index (χ0n) is 11.0. The smallest absolute Gasteiger partial charge is 0.240 e. The molecule has 1 aromatic carbocycles. The predicted molar refractivity (Wildman–Crippen MR) is 78.0 cm³/mol. The SMILES string of the molecule is CCNCC(=O)Nc1nc2ccc(OCC)cc2s1. The lowest BCUT2D eigenvalue weighted by molar-refractivity contribution is -0.115. The van der Waals surface area contributed by atoms with Crippen molar-refractivity contribution in [2.24, 2.45) is 0 Å². The van der Waals surface area contributed by atoms with Crippen molar-refractivity contribution in [3.63, 3.8) is 0 Å². The van der Waals surface area contributed by atoms with E-state index >= 15 is 0 Å². The highest BCUT2D eigenvalue weighted by Crippen LogP contribution is 2.29. The number of carbonyl (C=O) groups is 1. The van der Waals surface area contributed by atoms with Gasteiger partial charge in [-0.25, -0.2) is 4.98 Å². The molecule has 2 rings (SSSR count). The van der Waals surface area contributed by atoms with E-state index < -0.39 is 0 Å². The summed E-state index contributed by atoms with van der Waals surface area (Å²) >= 11 is 1.45. The van der Waals surface area contributed by atoms with E-state index in [0.29, 0.717) is 18.3 Å². The predicted octanol–water partition coefficient (Wildman–Crippen LogP) is 2.24. The lowest BCUT2D eigenvalue weighted by Crippen LogP contribution is -2.27. The summed E-state index contributed by atoms with van der Waals surface area (Å²) in [5, 5.41) is 6.37. The number of nitrogens with zero attached hydrogens (tertiary/aromatic N) is 1. The third-order valence-corrected chi connectivity index (χ3v) is 3.39. The van der Waals surface area contributed by atoms with Crippen LogP contribution in [0.15, 0.2) is 18.2 Å². The van der Waals surface area contributed by atoms with Gasteiger partial charge in [0, 0.05) is 0 Å². The molecule has 0 radical (unpaired) electrons. The average Bonchev–Trinajstić information content (AvgIpc) is 2.78. The molecular formula is C13H17N3O2S. The standard InChI is InChI=1S/C13H17N3O2S/c1-3-14-8-12(17)16-13-15-10-6-5-9(18-4-2)7-11(10)19-13/h5-7,14H,3-4,8H2,1-2H3,(H,15,16,17). The van der Waals surface area contributed by atoms with Crippen LogP contribution in [0.2, 0.25) is 0 Å². The first-order chi connectivity index (χ1) is 9.22. The molecule has 0 saturated heterocycles. The van der Waals surface area contributed by atoms with E-state index in [-0.39, 0.29) is 5.91 Å². The highest BCUT2D eigenvalue weighted by Gasteiger charge is 2.08. The second kappa shape index (κ2) is 6.49. The number of anilines is 1. The van der Waals surface area contributed by atoms with E-state index in [0.717, 1.165) is 22.5 Å². The molecule has 1 amide bonds. The van der Waals surface area contributed by atoms with Gasteiger partial charge in [0.05, 0.1) is 23.4 Å². The molecule has 0 aliphatic carbocycles. The van der Waals surface area contributed by atoms with Gasteiger partial charge in [-0.1, -0.05) is 18.3 Å². The van der Waals surface area contributed by atoms with Crippen LogP contribution >= 0.6 is 11.3 Å². The Morgan fingerprint density at radius 1 is 1.42 bits per heavy atom. The van der Waals surface area contributed by atoms with E-state index in [2.05, 4.69) is 15.6 Å². The van der Waals surface area contributed by atoms with Crippen molar-refractivity contribution >= 4 is 32.6 Å². The lowest BCUT2D eigenvalue weighted by Gasteiger charge is -2.00. The number of aromatic nitrogens is 1. The van der Waals surface area contributed by atoms with Gasteiger partial charge in [0.25, 0.3) is 0 Å². The molecule has 1 heterocycles. The van der Waals surface area contributed by atoms with E-state index in [9.17, 15) is 4.79 Å². The van der Waals surface area contributed by atoms with Gasteiger partial charge >= 0.3 is 0 Å². The highest BCUT2D eigenvalue weighted by atomic mass is 32.1. The fourth-order valence-electron chi connectivity index (χ4n) is 1.62. The number of fused-ring (bicyclic) bond motifs is 1. The fraction of sp³-hybridized carbons (Fsp3) is 0.385. The van der Waals surface area contributed by atoms with Crippen molar-refractivity contribution in [3.8, 4) is 5.75 Å². The molecule has 6 heteroatoms. The Balaban J connectivity index is 2.10. The Bertz CT molecular complexity index is 568. The topological polar surface area (TPSA) is 63.2 Å².